The zero-order valence-electron chi connectivity index (χ0n) is 16.4. The van der Waals surface area contributed by atoms with Crippen LogP contribution in [0.1, 0.15) is 55.4 Å². The van der Waals surface area contributed by atoms with Gasteiger partial charge in [0.15, 0.2) is 0 Å². The molecule has 0 radical (unpaired) electrons. The molecule has 5 heterocycles. The monoisotopic (exact) mass is 427 g/mol. The van der Waals surface area contributed by atoms with Gasteiger partial charge in [0.25, 0.3) is 0 Å². The first-order chi connectivity index (χ1) is 14.3. The summed E-state index contributed by atoms with van der Waals surface area (Å²) in [7, 11) is 0. The highest BCUT2D eigenvalue weighted by atomic mass is 32.1. The molecule has 0 unspecified atom stereocenters. The fourth-order valence-corrected chi connectivity index (χ4v) is 5.93. The first kappa shape index (κ1) is 18.9. The molecule has 3 aromatic heterocycles. The molecule has 0 spiro atoms. The van der Waals surface area contributed by atoms with Crippen LogP contribution in [0, 0.1) is 0 Å². The van der Waals surface area contributed by atoms with Crippen LogP contribution in [0.3, 0.4) is 0 Å². The van der Waals surface area contributed by atoms with Gasteiger partial charge in [-0.3, -0.25) is 4.79 Å². The van der Waals surface area contributed by atoms with E-state index in [0.717, 1.165) is 66.8 Å². The summed E-state index contributed by atoms with van der Waals surface area (Å²) in [6, 6.07) is 2.08. The molecule has 1 amide bonds. The van der Waals surface area contributed by atoms with Crippen molar-refractivity contribution in [3.05, 3.63) is 39.5 Å². The summed E-state index contributed by atoms with van der Waals surface area (Å²) < 4.78 is 2.33. The highest BCUT2D eigenvalue weighted by Crippen LogP contribution is 2.29. The van der Waals surface area contributed by atoms with E-state index in [2.05, 4.69) is 36.6 Å². The fourth-order valence-electron chi connectivity index (χ4n) is 4.40. The second-order valence-electron chi connectivity index (χ2n) is 7.95. The van der Waals surface area contributed by atoms with Gasteiger partial charge in [-0.05, 0) is 37.1 Å². The summed E-state index contributed by atoms with van der Waals surface area (Å²) >= 11 is 3.28. The molecule has 0 aromatic carbocycles. The number of aromatic nitrogens is 4. The molecule has 0 N–H and O–H groups in total. The zero-order chi connectivity index (χ0) is 19.6. The molecular formula is C21H25N5OS2. The average molecular weight is 428 g/mol. The lowest BCUT2D eigenvalue weighted by atomic mass is 9.96. The standard InChI is InChI=1S/C21H25N5OS2/c27-19(11-17-14-29-21(22-17)16-7-10-28-13-16)25-8-4-5-15(12-25)20-24-23-18-6-2-1-3-9-26(18)20/h7,10,13-15H,1-6,8-9,11-12H2/t15-/m0/s1. The molecule has 1 fully saturated rings. The van der Waals surface area contributed by atoms with E-state index in [4.69, 9.17) is 0 Å². The number of hydrogen-bond donors (Lipinski definition) is 0. The number of rotatable bonds is 4. The Morgan fingerprint density at radius 1 is 1.14 bits per heavy atom. The quantitative estimate of drug-likeness (QED) is 0.628. The molecule has 8 heteroatoms. The van der Waals surface area contributed by atoms with Gasteiger partial charge < -0.3 is 9.47 Å². The van der Waals surface area contributed by atoms with Gasteiger partial charge in [-0.25, -0.2) is 4.98 Å². The molecule has 152 valence electrons. The van der Waals surface area contributed by atoms with Crippen LogP contribution < -0.4 is 0 Å². The molecule has 2 aliphatic rings. The number of piperidine rings is 1. The minimum absolute atomic E-state index is 0.174. The van der Waals surface area contributed by atoms with Gasteiger partial charge in [-0.2, -0.15) is 11.3 Å². The van der Waals surface area contributed by atoms with Crippen molar-refractivity contribution in [2.75, 3.05) is 13.1 Å². The van der Waals surface area contributed by atoms with Crippen molar-refractivity contribution in [3.8, 4) is 10.6 Å². The van der Waals surface area contributed by atoms with E-state index in [0.29, 0.717) is 12.3 Å². The zero-order valence-corrected chi connectivity index (χ0v) is 18.1. The Morgan fingerprint density at radius 3 is 3.00 bits per heavy atom. The number of carbonyl (C=O) groups is 1. The van der Waals surface area contributed by atoms with Crippen molar-refractivity contribution < 1.29 is 4.79 Å². The molecule has 2 aliphatic heterocycles. The molecule has 0 saturated carbocycles. The van der Waals surface area contributed by atoms with Crippen LogP contribution in [0.25, 0.3) is 10.6 Å². The summed E-state index contributed by atoms with van der Waals surface area (Å²) in [5.74, 6) is 2.69. The third kappa shape index (κ3) is 4.00. The lowest BCUT2D eigenvalue weighted by Gasteiger charge is -2.32. The first-order valence-corrected chi connectivity index (χ1v) is 12.3. The number of amides is 1. The predicted molar refractivity (Wildman–Crippen MR) is 115 cm³/mol. The molecule has 1 atom stereocenters. The Hall–Kier alpha value is -2.06. The molecule has 1 saturated heterocycles. The minimum Gasteiger partial charge on any atom is -0.342 e. The van der Waals surface area contributed by atoms with Crippen LogP contribution >= 0.6 is 22.7 Å². The molecular weight excluding hydrogens is 402 g/mol. The number of hydrogen-bond acceptors (Lipinski definition) is 6. The van der Waals surface area contributed by atoms with Gasteiger partial charge in [0.1, 0.15) is 16.7 Å². The van der Waals surface area contributed by atoms with Crippen molar-refractivity contribution in [3.63, 3.8) is 0 Å². The summed E-state index contributed by atoms with van der Waals surface area (Å²) in [6.45, 7) is 2.60. The van der Waals surface area contributed by atoms with E-state index >= 15 is 0 Å². The van der Waals surface area contributed by atoms with Gasteiger partial charge in [-0.1, -0.05) is 6.42 Å². The maximum atomic E-state index is 13.0. The van der Waals surface area contributed by atoms with E-state index in [1.165, 1.54) is 19.3 Å². The second-order valence-corrected chi connectivity index (χ2v) is 9.59. The number of thiophene rings is 1. The molecule has 0 bridgehead atoms. The van der Waals surface area contributed by atoms with Crippen molar-refractivity contribution in [1.82, 2.24) is 24.6 Å². The highest BCUT2D eigenvalue weighted by Gasteiger charge is 2.29. The van der Waals surface area contributed by atoms with Crippen LogP contribution in [0.15, 0.2) is 22.2 Å². The summed E-state index contributed by atoms with van der Waals surface area (Å²) in [4.78, 5) is 19.7. The van der Waals surface area contributed by atoms with E-state index in [-0.39, 0.29) is 5.91 Å². The summed E-state index contributed by atoms with van der Waals surface area (Å²) in [5.41, 5.74) is 2.02. The Bertz CT molecular complexity index is 977. The maximum Gasteiger partial charge on any atom is 0.228 e. The SMILES string of the molecule is O=C(Cc1csc(-c2ccsc2)n1)N1CCC[C@H](c2nnc3n2CCCCC3)C1. The van der Waals surface area contributed by atoms with Crippen LogP contribution in [-0.4, -0.2) is 43.6 Å². The number of carbonyl (C=O) groups excluding carboxylic acids is 1. The van der Waals surface area contributed by atoms with Crippen LogP contribution in [0.5, 0.6) is 0 Å². The van der Waals surface area contributed by atoms with Gasteiger partial charge in [0, 0.05) is 48.3 Å². The number of thiazole rings is 1. The van der Waals surface area contributed by atoms with Crippen LogP contribution in [-0.2, 0) is 24.2 Å². The van der Waals surface area contributed by atoms with Crippen molar-refractivity contribution >= 4 is 28.6 Å². The molecule has 0 aliphatic carbocycles. The van der Waals surface area contributed by atoms with Crippen LogP contribution in [0.4, 0.5) is 0 Å². The molecule has 29 heavy (non-hydrogen) atoms. The topological polar surface area (TPSA) is 63.9 Å². The maximum absolute atomic E-state index is 13.0. The van der Waals surface area contributed by atoms with E-state index in [1.807, 2.05) is 10.3 Å². The van der Waals surface area contributed by atoms with Gasteiger partial charge >= 0.3 is 0 Å². The minimum atomic E-state index is 0.174. The smallest absolute Gasteiger partial charge is 0.228 e. The Labute approximate surface area is 178 Å². The number of nitrogens with zero attached hydrogens (tertiary/aromatic N) is 5. The van der Waals surface area contributed by atoms with Gasteiger partial charge in [-0.15, -0.1) is 21.5 Å². The molecule has 3 aromatic rings. The first-order valence-electron chi connectivity index (χ1n) is 10.4. The summed E-state index contributed by atoms with van der Waals surface area (Å²) in [6.07, 6.45) is 7.18. The van der Waals surface area contributed by atoms with E-state index < -0.39 is 0 Å². The summed E-state index contributed by atoms with van der Waals surface area (Å²) in [5, 5.41) is 16.2. The fraction of sp³-hybridized carbons (Fsp3) is 0.524. The van der Waals surface area contributed by atoms with E-state index in [9.17, 15) is 4.79 Å². The van der Waals surface area contributed by atoms with Gasteiger partial charge in [0.2, 0.25) is 5.91 Å². The molecule has 6 nitrogen and oxygen atoms in total. The predicted octanol–water partition coefficient (Wildman–Crippen LogP) is 4.14. The highest BCUT2D eigenvalue weighted by molar-refractivity contribution is 7.14. The second kappa shape index (κ2) is 8.36. The third-order valence-corrected chi connectivity index (χ3v) is 7.55. The third-order valence-electron chi connectivity index (χ3n) is 5.93. The largest absolute Gasteiger partial charge is 0.342 e. The number of fused-ring (bicyclic) bond motifs is 1. The van der Waals surface area contributed by atoms with Crippen molar-refractivity contribution in [1.29, 1.82) is 0 Å². The lowest BCUT2D eigenvalue weighted by molar-refractivity contribution is -0.131. The lowest BCUT2D eigenvalue weighted by Crippen LogP contribution is -2.40. The Balaban J connectivity index is 1.26. The normalized spacial score (nSPS) is 19.7. The van der Waals surface area contributed by atoms with E-state index in [1.54, 1.807) is 22.7 Å². The number of aryl methyl sites for hydroxylation is 1. The van der Waals surface area contributed by atoms with Crippen LogP contribution in [0.2, 0.25) is 0 Å². The van der Waals surface area contributed by atoms with Gasteiger partial charge in [0.05, 0.1) is 12.1 Å². The number of likely N-dealkylation sites (tertiary alicyclic amines) is 1. The average Bonchev–Trinajstić information content (AvgIpc) is 3.47. The van der Waals surface area contributed by atoms with Crippen molar-refractivity contribution in [2.45, 2.75) is 57.4 Å². The Kier molecular flexibility index (Phi) is 5.46. The molecule has 5 rings (SSSR count). The van der Waals surface area contributed by atoms with Crippen molar-refractivity contribution in [2.24, 2.45) is 0 Å². The Morgan fingerprint density at radius 2 is 2.10 bits per heavy atom.